The quantitative estimate of drug-likeness (QED) is 0.701. The zero-order chi connectivity index (χ0) is 19.2. The number of benzene rings is 1. The fraction of sp³-hybridized carbons (Fsp3) is 0.222. The lowest BCUT2D eigenvalue weighted by atomic mass is 10.1. The van der Waals surface area contributed by atoms with E-state index in [1.807, 2.05) is 24.4 Å². The molecule has 0 bridgehead atoms. The minimum Gasteiger partial charge on any atom is -0.305 e. The number of sulfonamides is 1. The van der Waals surface area contributed by atoms with Gasteiger partial charge in [-0.1, -0.05) is 6.07 Å². The third-order valence-corrected chi connectivity index (χ3v) is 6.63. The van der Waals surface area contributed by atoms with Gasteiger partial charge in [0, 0.05) is 17.7 Å². The summed E-state index contributed by atoms with van der Waals surface area (Å²) in [6.07, 6.45) is 1.77. The van der Waals surface area contributed by atoms with Gasteiger partial charge in [-0.05, 0) is 48.6 Å². The molecule has 7 nitrogen and oxygen atoms in total. The van der Waals surface area contributed by atoms with Crippen LogP contribution >= 0.6 is 11.3 Å². The molecule has 1 aromatic carbocycles. The number of hydrogen-bond acceptors (Lipinski definition) is 5. The molecule has 0 fully saturated rings. The van der Waals surface area contributed by atoms with Crippen LogP contribution in [0.2, 0.25) is 0 Å². The number of aromatic amines is 1. The number of aromatic nitrogens is 2. The lowest BCUT2D eigenvalue weighted by Gasteiger charge is -2.21. The molecular weight excluding hydrogens is 384 g/mol. The highest BCUT2D eigenvalue weighted by Gasteiger charge is 2.32. The van der Waals surface area contributed by atoms with Gasteiger partial charge in [-0.2, -0.15) is 5.10 Å². The summed E-state index contributed by atoms with van der Waals surface area (Å²) in [7, 11) is -3.35. The van der Waals surface area contributed by atoms with Crippen LogP contribution in [0.3, 0.4) is 0 Å². The number of amides is 1. The largest absolute Gasteiger partial charge is 0.305 e. The molecule has 0 radical (unpaired) electrons. The fourth-order valence-corrected chi connectivity index (χ4v) is 5.34. The number of carbonyl (C=O) groups excluding carboxylic acids is 1. The minimum atomic E-state index is -3.35. The Labute approximate surface area is 161 Å². The Bertz CT molecular complexity index is 1100. The Morgan fingerprint density at radius 2 is 2.15 bits per heavy atom. The average Bonchev–Trinajstić information content (AvgIpc) is 3.31. The van der Waals surface area contributed by atoms with Crippen LogP contribution < -0.4 is 9.62 Å². The van der Waals surface area contributed by atoms with Gasteiger partial charge in [-0.25, -0.2) is 8.42 Å². The van der Waals surface area contributed by atoms with E-state index in [2.05, 4.69) is 15.5 Å². The summed E-state index contributed by atoms with van der Waals surface area (Å²) in [4.78, 5) is 13.6. The van der Waals surface area contributed by atoms with Crippen molar-refractivity contribution in [3.63, 3.8) is 0 Å². The average molecular weight is 403 g/mol. The topological polar surface area (TPSA) is 95.2 Å². The molecule has 140 valence electrons. The standard InChI is InChI=1S/C18H18N4O3S2/c1-11-8-13-9-12(5-6-15(13)22(11)27(2,24)25)18(23)19-17-10-14(20-21-17)16-4-3-7-26-16/h3-7,9-11H,8H2,1-2H3,(H2,19,20,21,23). The number of rotatable bonds is 4. The van der Waals surface area contributed by atoms with Crippen LogP contribution in [0.1, 0.15) is 22.8 Å². The van der Waals surface area contributed by atoms with Crippen LogP contribution in [-0.4, -0.2) is 36.8 Å². The van der Waals surface area contributed by atoms with Gasteiger partial charge in [0.25, 0.3) is 5.91 Å². The maximum absolute atomic E-state index is 12.6. The lowest BCUT2D eigenvalue weighted by Crippen LogP contribution is -2.34. The summed E-state index contributed by atoms with van der Waals surface area (Å²) in [5.74, 6) is 0.155. The molecule has 4 rings (SSSR count). The predicted octanol–water partition coefficient (Wildman–Crippen LogP) is 3.10. The summed E-state index contributed by atoms with van der Waals surface area (Å²) in [6.45, 7) is 1.86. The molecule has 2 N–H and O–H groups in total. The molecule has 0 saturated heterocycles. The summed E-state index contributed by atoms with van der Waals surface area (Å²) in [5.41, 5.74) is 2.80. The van der Waals surface area contributed by atoms with E-state index in [9.17, 15) is 13.2 Å². The van der Waals surface area contributed by atoms with Crippen LogP contribution in [0.15, 0.2) is 41.8 Å². The van der Waals surface area contributed by atoms with E-state index in [0.29, 0.717) is 23.5 Å². The Hall–Kier alpha value is -2.65. The van der Waals surface area contributed by atoms with E-state index in [1.54, 1.807) is 35.6 Å². The van der Waals surface area contributed by atoms with E-state index >= 15 is 0 Å². The second-order valence-corrected chi connectivity index (χ2v) is 9.36. The number of nitrogens with one attached hydrogen (secondary N) is 2. The molecule has 1 atom stereocenters. The van der Waals surface area contributed by atoms with Crippen LogP contribution in [0, 0.1) is 0 Å². The smallest absolute Gasteiger partial charge is 0.256 e. The molecule has 1 unspecified atom stereocenters. The number of hydrogen-bond donors (Lipinski definition) is 2. The van der Waals surface area contributed by atoms with E-state index in [1.165, 1.54) is 10.6 Å². The SMILES string of the molecule is CC1Cc2cc(C(=O)Nc3cc(-c4cccs4)[nH]n3)ccc2N1S(C)(=O)=O. The van der Waals surface area contributed by atoms with Gasteiger partial charge in [0.1, 0.15) is 0 Å². The summed E-state index contributed by atoms with van der Waals surface area (Å²) >= 11 is 1.58. The Morgan fingerprint density at radius 1 is 1.33 bits per heavy atom. The second-order valence-electron chi connectivity index (χ2n) is 6.55. The highest BCUT2D eigenvalue weighted by molar-refractivity contribution is 7.92. The van der Waals surface area contributed by atoms with Crippen molar-refractivity contribution < 1.29 is 13.2 Å². The first kappa shape index (κ1) is 17.7. The minimum absolute atomic E-state index is 0.159. The van der Waals surface area contributed by atoms with E-state index in [0.717, 1.165) is 16.1 Å². The molecule has 9 heteroatoms. The van der Waals surface area contributed by atoms with Gasteiger partial charge in [0.15, 0.2) is 5.82 Å². The van der Waals surface area contributed by atoms with Crippen molar-refractivity contribution in [2.24, 2.45) is 0 Å². The molecule has 3 aromatic rings. The summed E-state index contributed by atoms with van der Waals surface area (Å²) < 4.78 is 25.4. The second kappa shape index (κ2) is 6.50. The highest BCUT2D eigenvalue weighted by atomic mass is 32.2. The fourth-order valence-electron chi connectivity index (χ4n) is 3.38. The number of thiophene rings is 1. The monoisotopic (exact) mass is 402 g/mol. The normalized spacial score (nSPS) is 16.4. The van der Waals surface area contributed by atoms with Crippen molar-refractivity contribution in [2.75, 3.05) is 15.9 Å². The van der Waals surface area contributed by atoms with Crippen molar-refractivity contribution in [1.29, 1.82) is 0 Å². The van der Waals surface area contributed by atoms with Gasteiger partial charge < -0.3 is 5.32 Å². The number of nitrogens with zero attached hydrogens (tertiary/aromatic N) is 2. The molecule has 0 spiro atoms. The van der Waals surface area contributed by atoms with E-state index in [4.69, 9.17) is 0 Å². The van der Waals surface area contributed by atoms with Gasteiger partial charge in [0.2, 0.25) is 10.0 Å². The molecular formula is C18H18N4O3S2. The van der Waals surface area contributed by atoms with Gasteiger partial charge in [-0.3, -0.25) is 14.2 Å². The molecule has 2 aromatic heterocycles. The van der Waals surface area contributed by atoms with E-state index in [-0.39, 0.29) is 11.9 Å². The first-order chi connectivity index (χ1) is 12.8. The van der Waals surface area contributed by atoms with Crippen molar-refractivity contribution in [3.05, 3.63) is 52.9 Å². The van der Waals surface area contributed by atoms with Crippen molar-refractivity contribution in [2.45, 2.75) is 19.4 Å². The van der Waals surface area contributed by atoms with Crippen LogP contribution in [0.4, 0.5) is 11.5 Å². The van der Waals surface area contributed by atoms with Crippen molar-refractivity contribution >= 4 is 38.8 Å². The Kier molecular flexibility index (Phi) is 4.27. The highest BCUT2D eigenvalue weighted by Crippen LogP contribution is 2.35. The van der Waals surface area contributed by atoms with Crippen molar-refractivity contribution in [3.8, 4) is 10.6 Å². The molecule has 0 saturated carbocycles. The molecule has 1 aliphatic heterocycles. The van der Waals surface area contributed by atoms with Gasteiger partial charge >= 0.3 is 0 Å². The maximum Gasteiger partial charge on any atom is 0.256 e. The number of H-pyrrole nitrogens is 1. The van der Waals surface area contributed by atoms with Crippen LogP contribution in [-0.2, 0) is 16.4 Å². The molecule has 1 amide bonds. The number of fused-ring (bicyclic) bond motifs is 1. The summed E-state index contributed by atoms with van der Waals surface area (Å²) in [6, 6.07) is 10.6. The van der Waals surface area contributed by atoms with Gasteiger partial charge in [0.05, 0.1) is 22.5 Å². The lowest BCUT2D eigenvalue weighted by molar-refractivity contribution is 0.102. The molecule has 0 aliphatic carbocycles. The number of anilines is 2. The van der Waals surface area contributed by atoms with Crippen LogP contribution in [0.5, 0.6) is 0 Å². The zero-order valence-corrected chi connectivity index (χ0v) is 16.4. The number of carbonyl (C=O) groups is 1. The van der Waals surface area contributed by atoms with Crippen LogP contribution in [0.25, 0.3) is 10.6 Å². The molecule has 27 heavy (non-hydrogen) atoms. The first-order valence-electron chi connectivity index (χ1n) is 8.36. The third-order valence-electron chi connectivity index (χ3n) is 4.46. The Morgan fingerprint density at radius 3 is 2.85 bits per heavy atom. The van der Waals surface area contributed by atoms with Crippen molar-refractivity contribution in [1.82, 2.24) is 10.2 Å². The zero-order valence-electron chi connectivity index (χ0n) is 14.8. The van der Waals surface area contributed by atoms with Gasteiger partial charge in [-0.15, -0.1) is 11.3 Å². The summed E-state index contributed by atoms with van der Waals surface area (Å²) in [5, 5.41) is 11.8. The molecule has 3 heterocycles. The third kappa shape index (κ3) is 3.35. The Balaban J connectivity index is 1.55. The predicted molar refractivity (Wildman–Crippen MR) is 107 cm³/mol. The molecule has 1 aliphatic rings. The first-order valence-corrected chi connectivity index (χ1v) is 11.1. The maximum atomic E-state index is 12.6. The van der Waals surface area contributed by atoms with E-state index < -0.39 is 10.0 Å².